The molecule has 0 atom stereocenters. The van der Waals surface area contributed by atoms with Gasteiger partial charge in [-0.05, 0) is 86.7 Å². The number of hydrogen-bond acceptors (Lipinski definition) is 3. The van der Waals surface area contributed by atoms with Crippen LogP contribution in [0.15, 0.2) is 72.9 Å². The van der Waals surface area contributed by atoms with Gasteiger partial charge in [0, 0.05) is 30.0 Å². The topological polar surface area (TPSA) is 54.7 Å². The van der Waals surface area contributed by atoms with Crippen LogP contribution in [-0.4, -0.2) is 22.2 Å². The molecule has 0 aliphatic heterocycles. The van der Waals surface area contributed by atoms with Crippen molar-refractivity contribution in [3.05, 3.63) is 111 Å². The number of hydrogen-bond donors (Lipinski definition) is 1. The third-order valence-electron chi connectivity index (χ3n) is 6.37. The number of rotatable bonds is 10. The fourth-order valence-electron chi connectivity index (χ4n) is 4.54. The van der Waals surface area contributed by atoms with Gasteiger partial charge in [-0.3, -0.25) is 0 Å². The molecule has 4 aromatic rings. The lowest BCUT2D eigenvalue weighted by Gasteiger charge is -2.24. The van der Waals surface area contributed by atoms with Gasteiger partial charge in [-0.25, -0.2) is 4.79 Å². The summed E-state index contributed by atoms with van der Waals surface area (Å²) in [6, 6.07) is 22.3. The van der Waals surface area contributed by atoms with Crippen molar-refractivity contribution in [2.45, 2.75) is 47.2 Å². The fraction of sp³-hybridized carbons (Fsp3) is 0.258. The number of ether oxygens (including phenoxy) is 1. The van der Waals surface area contributed by atoms with E-state index < -0.39 is 5.97 Å². The van der Waals surface area contributed by atoms with Crippen LogP contribution in [0.25, 0.3) is 0 Å². The number of nitrogens with zero attached hydrogens (tertiary/aromatic N) is 2. The molecule has 1 aromatic heterocycles. The van der Waals surface area contributed by atoms with Gasteiger partial charge in [0.15, 0.2) is 0 Å². The first-order valence-electron chi connectivity index (χ1n) is 12.4. The lowest BCUT2D eigenvalue weighted by Crippen LogP contribution is -2.16. The zero-order chi connectivity index (χ0) is 26.5. The number of benzene rings is 3. The second kappa shape index (κ2) is 11.6. The van der Waals surface area contributed by atoms with Crippen LogP contribution in [0.2, 0.25) is 5.02 Å². The molecule has 0 bridgehead atoms. The molecule has 6 heteroatoms. The molecule has 0 unspecified atom stereocenters. The quantitative estimate of drug-likeness (QED) is 0.218. The molecule has 37 heavy (non-hydrogen) atoms. The van der Waals surface area contributed by atoms with Crippen LogP contribution in [0.4, 0.5) is 11.4 Å². The SMILES string of the molecule is Cc1cccc(CN(c2cccc(C)c2)c2cc(C(=O)O)n(CCCOc3cc(C)c(Cl)c(C)c3)c2)c1. The van der Waals surface area contributed by atoms with E-state index in [1.165, 1.54) is 5.56 Å². The second-order valence-corrected chi connectivity index (χ2v) is 9.95. The first-order chi connectivity index (χ1) is 17.7. The summed E-state index contributed by atoms with van der Waals surface area (Å²) in [6.07, 6.45) is 2.59. The highest BCUT2D eigenvalue weighted by Gasteiger charge is 2.18. The summed E-state index contributed by atoms with van der Waals surface area (Å²) >= 11 is 6.26. The first kappa shape index (κ1) is 26.4. The molecule has 0 aliphatic rings. The van der Waals surface area contributed by atoms with E-state index in [0.717, 1.165) is 44.4 Å². The maximum atomic E-state index is 12.1. The van der Waals surface area contributed by atoms with Gasteiger partial charge in [-0.1, -0.05) is 53.6 Å². The average molecular weight is 517 g/mol. The van der Waals surface area contributed by atoms with Crippen LogP contribution >= 0.6 is 11.6 Å². The Morgan fingerprint density at radius 1 is 0.919 bits per heavy atom. The van der Waals surface area contributed by atoms with Gasteiger partial charge in [0.05, 0.1) is 12.3 Å². The Morgan fingerprint density at radius 3 is 2.24 bits per heavy atom. The molecule has 1 heterocycles. The molecule has 0 spiro atoms. The maximum absolute atomic E-state index is 12.1. The second-order valence-electron chi connectivity index (χ2n) is 9.57. The van der Waals surface area contributed by atoms with Crippen LogP contribution < -0.4 is 9.64 Å². The molecule has 3 aromatic carbocycles. The lowest BCUT2D eigenvalue weighted by molar-refractivity contribution is 0.0684. The summed E-state index contributed by atoms with van der Waals surface area (Å²) in [5.41, 5.74) is 7.57. The molecule has 0 saturated carbocycles. The molecule has 192 valence electrons. The van der Waals surface area contributed by atoms with Gasteiger partial charge in [0.1, 0.15) is 11.4 Å². The number of carboxylic acids is 1. The highest BCUT2D eigenvalue weighted by atomic mass is 35.5. The van der Waals surface area contributed by atoms with E-state index in [1.54, 1.807) is 10.6 Å². The number of aryl methyl sites for hydroxylation is 5. The first-order valence-corrected chi connectivity index (χ1v) is 12.8. The Morgan fingerprint density at radius 2 is 1.59 bits per heavy atom. The van der Waals surface area contributed by atoms with E-state index in [0.29, 0.717) is 26.1 Å². The van der Waals surface area contributed by atoms with Crippen molar-refractivity contribution in [2.24, 2.45) is 0 Å². The van der Waals surface area contributed by atoms with Crippen LogP contribution in [0.1, 0.15) is 44.7 Å². The van der Waals surface area contributed by atoms with Crippen LogP contribution in [0.5, 0.6) is 5.75 Å². The van der Waals surface area contributed by atoms with E-state index in [1.807, 2.05) is 38.2 Å². The van der Waals surface area contributed by atoms with E-state index in [4.69, 9.17) is 16.3 Å². The maximum Gasteiger partial charge on any atom is 0.352 e. The van der Waals surface area contributed by atoms with Gasteiger partial charge in [-0.2, -0.15) is 0 Å². The van der Waals surface area contributed by atoms with Crippen molar-refractivity contribution in [3.63, 3.8) is 0 Å². The average Bonchev–Trinajstić information content (AvgIpc) is 3.28. The number of halogens is 1. The van der Waals surface area contributed by atoms with E-state index in [2.05, 4.69) is 61.2 Å². The molecule has 5 nitrogen and oxygen atoms in total. The van der Waals surface area contributed by atoms with E-state index >= 15 is 0 Å². The Balaban J connectivity index is 1.55. The molecule has 0 amide bonds. The molecule has 4 rings (SSSR count). The fourth-order valence-corrected chi connectivity index (χ4v) is 4.65. The van der Waals surface area contributed by atoms with E-state index in [-0.39, 0.29) is 5.69 Å². The third kappa shape index (κ3) is 6.55. The van der Waals surface area contributed by atoms with Crippen LogP contribution in [-0.2, 0) is 13.1 Å². The number of carboxylic acid groups (broad SMARTS) is 1. The van der Waals surface area contributed by atoms with Gasteiger partial charge < -0.3 is 19.3 Å². The Hall–Kier alpha value is -3.70. The normalized spacial score (nSPS) is 10.9. The number of carbonyl (C=O) groups is 1. The Bertz CT molecular complexity index is 1390. The Labute approximate surface area is 223 Å². The molecule has 0 saturated heterocycles. The summed E-state index contributed by atoms with van der Waals surface area (Å²) in [5, 5.41) is 10.7. The van der Waals surface area contributed by atoms with Crippen molar-refractivity contribution in [3.8, 4) is 5.75 Å². The van der Waals surface area contributed by atoms with Gasteiger partial charge >= 0.3 is 5.97 Å². The van der Waals surface area contributed by atoms with Crippen molar-refractivity contribution >= 4 is 28.9 Å². The monoisotopic (exact) mass is 516 g/mol. The van der Waals surface area contributed by atoms with Gasteiger partial charge in [0.2, 0.25) is 0 Å². The molecular weight excluding hydrogens is 484 g/mol. The largest absolute Gasteiger partial charge is 0.494 e. The van der Waals surface area contributed by atoms with Crippen LogP contribution in [0.3, 0.4) is 0 Å². The summed E-state index contributed by atoms with van der Waals surface area (Å²) in [5.74, 6) is -0.175. The number of aromatic carboxylic acids is 1. The predicted octanol–water partition coefficient (Wildman–Crippen LogP) is 7.88. The summed E-state index contributed by atoms with van der Waals surface area (Å²) < 4.78 is 7.75. The zero-order valence-corrected chi connectivity index (χ0v) is 22.5. The smallest absolute Gasteiger partial charge is 0.352 e. The van der Waals surface area contributed by atoms with Crippen molar-refractivity contribution < 1.29 is 14.6 Å². The predicted molar refractivity (Wildman–Crippen MR) is 151 cm³/mol. The van der Waals surface area contributed by atoms with Gasteiger partial charge in [-0.15, -0.1) is 0 Å². The molecule has 0 fully saturated rings. The highest BCUT2D eigenvalue weighted by Crippen LogP contribution is 2.31. The number of aromatic nitrogens is 1. The highest BCUT2D eigenvalue weighted by molar-refractivity contribution is 6.32. The zero-order valence-electron chi connectivity index (χ0n) is 21.8. The lowest BCUT2D eigenvalue weighted by atomic mass is 10.1. The van der Waals surface area contributed by atoms with Crippen molar-refractivity contribution in [1.29, 1.82) is 0 Å². The molecule has 1 N–H and O–H groups in total. The van der Waals surface area contributed by atoms with Crippen molar-refractivity contribution in [2.75, 3.05) is 11.5 Å². The minimum absolute atomic E-state index is 0.259. The van der Waals surface area contributed by atoms with Crippen molar-refractivity contribution in [1.82, 2.24) is 4.57 Å². The third-order valence-corrected chi connectivity index (χ3v) is 6.97. The Kier molecular flexibility index (Phi) is 8.24. The van der Waals surface area contributed by atoms with Crippen LogP contribution in [0, 0.1) is 27.7 Å². The minimum atomic E-state index is -0.948. The minimum Gasteiger partial charge on any atom is -0.494 e. The van der Waals surface area contributed by atoms with Gasteiger partial charge in [0.25, 0.3) is 0 Å². The summed E-state index contributed by atoms with van der Waals surface area (Å²) in [4.78, 5) is 14.3. The molecule has 0 aliphatic carbocycles. The summed E-state index contributed by atoms with van der Waals surface area (Å²) in [7, 11) is 0. The molecular formula is C31H33ClN2O3. The summed E-state index contributed by atoms with van der Waals surface area (Å²) in [6.45, 7) is 9.68. The number of anilines is 2. The molecule has 0 radical (unpaired) electrons. The standard InChI is InChI=1S/C31H33ClN2O3/c1-21-8-5-10-25(14-21)19-34(26-11-6-9-22(2)15-26)27-18-29(31(35)36)33(20-27)12-7-13-37-28-16-23(3)30(32)24(4)17-28/h5-6,8-11,14-18,20H,7,12-13,19H2,1-4H3,(H,35,36). The van der Waals surface area contributed by atoms with E-state index in [9.17, 15) is 9.90 Å².